The molecule has 9 rings (SSSR count). The molecule has 216 valence electrons. The third kappa shape index (κ3) is 4.46. The third-order valence-corrected chi connectivity index (χ3v) is 9.10. The molecule has 0 unspecified atom stereocenters. The van der Waals surface area contributed by atoms with E-state index in [4.69, 9.17) is 13.7 Å². The highest BCUT2D eigenvalue weighted by atomic mass is 32.1. The fourth-order valence-corrected chi connectivity index (χ4v) is 7.05. The maximum Gasteiger partial charge on any atom is 0.0645 e. The van der Waals surface area contributed by atoms with Gasteiger partial charge in [-0.15, -0.1) is 11.3 Å². The van der Waals surface area contributed by atoms with Crippen molar-refractivity contribution < 1.29 is 20.6 Å². The van der Waals surface area contributed by atoms with Gasteiger partial charge in [0.25, 0.3) is 0 Å². The Morgan fingerprint density at radius 3 is 2.09 bits per heavy atom. The third-order valence-electron chi connectivity index (χ3n) is 7.96. The topological polar surface area (TPSA) is 3.24 Å². The molecule has 0 aliphatic heterocycles. The molecule has 8 aromatic carbocycles. The van der Waals surface area contributed by atoms with E-state index in [2.05, 4.69) is 0 Å². The summed E-state index contributed by atoms with van der Waals surface area (Å²) in [6.07, 6.45) is 0. The Bertz CT molecular complexity index is 3340. The Kier molecular flexibility index (Phi) is 3.72. The van der Waals surface area contributed by atoms with Crippen LogP contribution in [0.3, 0.4) is 0 Å². The van der Waals surface area contributed by atoms with Crippen LogP contribution >= 0.6 is 11.3 Å². The lowest BCUT2D eigenvalue weighted by Gasteiger charge is -2.27. The van der Waals surface area contributed by atoms with Gasteiger partial charge in [0.2, 0.25) is 0 Å². The van der Waals surface area contributed by atoms with Crippen molar-refractivity contribution in [2.45, 2.75) is 0 Å². The molecule has 0 aliphatic rings. The maximum absolute atomic E-state index is 9.67. The van der Waals surface area contributed by atoms with Gasteiger partial charge in [-0.05, 0) is 74.8 Å². The van der Waals surface area contributed by atoms with Crippen LogP contribution in [0.15, 0.2) is 176 Å². The predicted molar refractivity (Wildman–Crippen MR) is 200 cm³/mol. The molecular formula is C44H29NS. The second-order valence-electron chi connectivity index (χ2n) is 10.6. The molecule has 0 saturated carbocycles. The van der Waals surface area contributed by atoms with Crippen LogP contribution in [0.5, 0.6) is 0 Å². The smallest absolute Gasteiger partial charge is 0.0645 e. The number of benzene rings is 8. The number of hydrogen-bond donors (Lipinski definition) is 0. The molecular weight excluding hydrogens is 575 g/mol. The minimum Gasteiger partial charge on any atom is -0.310 e. The zero-order chi connectivity index (χ0) is 43.5. The summed E-state index contributed by atoms with van der Waals surface area (Å²) in [5.74, 6) is 0. The van der Waals surface area contributed by atoms with Gasteiger partial charge in [-0.2, -0.15) is 0 Å². The Morgan fingerprint density at radius 1 is 0.457 bits per heavy atom. The van der Waals surface area contributed by atoms with Crippen molar-refractivity contribution in [1.29, 1.82) is 0 Å². The first-order chi connectivity index (χ1) is 29.1. The van der Waals surface area contributed by atoms with Crippen molar-refractivity contribution in [2.75, 3.05) is 4.90 Å². The van der Waals surface area contributed by atoms with Crippen molar-refractivity contribution in [1.82, 2.24) is 0 Å². The summed E-state index contributed by atoms with van der Waals surface area (Å²) in [5, 5.41) is 2.66. The van der Waals surface area contributed by atoms with E-state index >= 15 is 0 Å². The molecule has 1 heterocycles. The van der Waals surface area contributed by atoms with Crippen molar-refractivity contribution in [3.63, 3.8) is 0 Å². The van der Waals surface area contributed by atoms with Crippen molar-refractivity contribution in [3.05, 3.63) is 176 Å². The molecule has 46 heavy (non-hydrogen) atoms. The van der Waals surface area contributed by atoms with Crippen LogP contribution in [0.4, 0.5) is 17.1 Å². The summed E-state index contributed by atoms with van der Waals surface area (Å²) in [7, 11) is 0. The van der Waals surface area contributed by atoms with Crippen molar-refractivity contribution in [3.8, 4) is 22.3 Å². The average molecular weight is 619 g/mol. The standard InChI is InChI=1S/C44H29NS/c1-2-13-33(14-3-1)44-37-17-7-5-12-31(37)23-27-38(44)32-21-24-34(25-22-32)45(41-19-10-15-30-11-4-6-16-36(30)41)35-26-28-40-39-18-8-9-20-42(39)46-43(40)29-35/h1-29H/i1D,2D,3D,5D,7D,12D,13D,14D,17D,21D,22D,23D,24D,25D,27D. The zero-order valence-corrected chi connectivity index (χ0v) is 24.8. The molecule has 0 bridgehead atoms. The normalized spacial score (nSPS) is 16.0. The molecule has 0 atom stereocenters. The van der Waals surface area contributed by atoms with E-state index in [0.29, 0.717) is 11.4 Å². The summed E-state index contributed by atoms with van der Waals surface area (Å²) in [6.45, 7) is 0. The molecule has 2 heteroatoms. The van der Waals surface area contributed by atoms with Crippen LogP contribution in [-0.4, -0.2) is 0 Å². The minimum atomic E-state index is -0.802. The molecule has 0 fully saturated rings. The first kappa shape index (κ1) is 15.5. The van der Waals surface area contributed by atoms with Crippen LogP contribution < -0.4 is 4.90 Å². The molecule has 1 nitrogen and oxygen atoms in total. The Balaban J connectivity index is 1.42. The van der Waals surface area contributed by atoms with E-state index in [1.807, 2.05) is 78.9 Å². The second kappa shape index (κ2) is 11.0. The molecule has 0 radical (unpaired) electrons. The molecule has 0 N–H and O–H groups in total. The monoisotopic (exact) mass is 618 g/mol. The van der Waals surface area contributed by atoms with Gasteiger partial charge in [0.1, 0.15) is 0 Å². The largest absolute Gasteiger partial charge is 0.310 e. The molecule has 1 aromatic heterocycles. The van der Waals surface area contributed by atoms with Crippen LogP contribution in [0, 0.1) is 0 Å². The van der Waals surface area contributed by atoms with E-state index in [1.165, 1.54) is 0 Å². The predicted octanol–water partition coefficient (Wildman–Crippen LogP) is 13.2. The lowest BCUT2D eigenvalue weighted by molar-refractivity contribution is 1.30. The van der Waals surface area contributed by atoms with Crippen LogP contribution in [0.1, 0.15) is 20.6 Å². The van der Waals surface area contributed by atoms with Gasteiger partial charge in [-0.1, -0.05) is 139 Å². The van der Waals surface area contributed by atoms with Gasteiger partial charge < -0.3 is 4.90 Å². The minimum absolute atomic E-state index is 0.166. The van der Waals surface area contributed by atoms with Crippen LogP contribution in [-0.2, 0) is 0 Å². The van der Waals surface area contributed by atoms with Gasteiger partial charge in [-0.3, -0.25) is 0 Å². The average Bonchev–Trinajstić information content (AvgIpc) is 3.64. The van der Waals surface area contributed by atoms with Crippen LogP contribution in [0.2, 0.25) is 0 Å². The highest BCUT2D eigenvalue weighted by Crippen LogP contribution is 2.44. The molecule has 0 saturated heterocycles. The first-order valence-corrected chi connectivity index (χ1v) is 15.3. The highest BCUT2D eigenvalue weighted by Gasteiger charge is 2.18. The van der Waals surface area contributed by atoms with E-state index in [-0.39, 0.29) is 5.69 Å². The van der Waals surface area contributed by atoms with Gasteiger partial charge in [0.15, 0.2) is 0 Å². The number of rotatable bonds is 5. The first-order valence-electron chi connectivity index (χ1n) is 22.0. The molecule has 0 amide bonds. The fraction of sp³-hybridized carbons (Fsp3) is 0. The summed E-state index contributed by atoms with van der Waals surface area (Å²) >= 11 is 1.56. The van der Waals surface area contributed by atoms with E-state index < -0.39 is 124 Å². The van der Waals surface area contributed by atoms with Crippen LogP contribution in [0.25, 0.3) is 64.0 Å². The Labute approximate surface area is 293 Å². The maximum atomic E-state index is 9.67. The van der Waals surface area contributed by atoms with Crippen molar-refractivity contribution in [2.24, 2.45) is 0 Å². The van der Waals surface area contributed by atoms with E-state index in [9.17, 15) is 6.85 Å². The number of hydrogen-bond acceptors (Lipinski definition) is 2. The second-order valence-corrected chi connectivity index (χ2v) is 11.7. The molecule has 9 aromatic rings. The fourth-order valence-electron chi connectivity index (χ4n) is 5.91. The highest BCUT2D eigenvalue weighted by molar-refractivity contribution is 7.25. The van der Waals surface area contributed by atoms with Crippen molar-refractivity contribution >= 4 is 70.1 Å². The quantitative estimate of drug-likeness (QED) is 0.185. The van der Waals surface area contributed by atoms with Gasteiger partial charge >= 0.3 is 0 Å². The summed E-state index contributed by atoms with van der Waals surface area (Å²) < 4.78 is 137. The van der Waals surface area contributed by atoms with Gasteiger partial charge in [0, 0.05) is 36.9 Å². The van der Waals surface area contributed by atoms with Gasteiger partial charge in [0.05, 0.1) is 26.2 Å². The molecule has 0 spiro atoms. The molecule has 0 aliphatic carbocycles. The SMILES string of the molecule is [2H]c1c([2H])c([2H])c(-c2c(-c3c([2H])c([2H])c(N(c4ccc5c(c4)sc4ccccc45)c4cccc5ccccc45)c([2H])c3[2H])c([2H])c([2H])c3c([2H])c([2H])c([2H])c([2H])c23)c([2H])c1[2H]. The summed E-state index contributed by atoms with van der Waals surface area (Å²) in [4.78, 5) is 1.64. The summed E-state index contributed by atoms with van der Waals surface area (Å²) in [5.41, 5.74) is -1.36. The Morgan fingerprint density at radius 2 is 1.20 bits per heavy atom. The van der Waals surface area contributed by atoms with E-state index in [0.717, 1.165) is 30.9 Å². The lowest BCUT2D eigenvalue weighted by Crippen LogP contribution is -2.10. The van der Waals surface area contributed by atoms with Gasteiger partial charge in [-0.25, -0.2) is 0 Å². The number of anilines is 3. The number of thiophene rings is 1. The summed E-state index contributed by atoms with van der Waals surface area (Å²) in [6, 6.07) is 15.7. The zero-order valence-electron chi connectivity index (χ0n) is 38.9. The number of nitrogens with zero attached hydrogens (tertiary/aromatic N) is 1. The lowest BCUT2D eigenvalue weighted by atomic mass is 9.90. The Hall–Kier alpha value is -5.70. The van der Waals surface area contributed by atoms with E-state index in [1.54, 1.807) is 22.3 Å². The number of fused-ring (bicyclic) bond motifs is 5.